The van der Waals surface area contributed by atoms with Crippen molar-refractivity contribution in [2.24, 2.45) is 0 Å². The molecule has 0 fully saturated rings. The molecule has 3 aromatic carbocycles. The summed E-state index contributed by atoms with van der Waals surface area (Å²) < 4.78 is 16.4. The van der Waals surface area contributed by atoms with E-state index in [0.717, 1.165) is 40.9 Å². The maximum Gasteiger partial charge on any atom is 0.337 e. The first-order chi connectivity index (χ1) is 17.3. The molecule has 0 saturated carbocycles. The number of hydrogen-bond acceptors (Lipinski definition) is 6. The maximum absolute atomic E-state index is 13.5. The Hall–Kier alpha value is -3.84. The molecule has 1 heterocycles. The molecule has 0 aliphatic carbocycles. The number of carbonyl (C=O) groups excluding carboxylic acids is 2. The van der Waals surface area contributed by atoms with Crippen molar-refractivity contribution in [3.05, 3.63) is 76.9 Å². The van der Waals surface area contributed by atoms with E-state index in [1.807, 2.05) is 74.4 Å². The number of benzene rings is 3. The van der Waals surface area contributed by atoms with E-state index >= 15 is 0 Å². The molecule has 7 nitrogen and oxygen atoms in total. The summed E-state index contributed by atoms with van der Waals surface area (Å²) in [6.07, 6.45) is 0.757. The fourth-order valence-corrected chi connectivity index (χ4v) is 4.34. The predicted molar refractivity (Wildman–Crippen MR) is 140 cm³/mol. The topological polar surface area (TPSA) is 68.3 Å². The van der Waals surface area contributed by atoms with Crippen LogP contribution in [0.1, 0.15) is 31.8 Å². The second-order valence-electron chi connectivity index (χ2n) is 9.09. The summed E-state index contributed by atoms with van der Waals surface area (Å²) in [6.45, 7) is 3.88. The second-order valence-corrected chi connectivity index (χ2v) is 9.09. The highest BCUT2D eigenvalue weighted by Gasteiger charge is 2.28. The van der Waals surface area contributed by atoms with Crippen LogP contribution in [0.15, 0.2) is 54.6 Å². The molecule has 0 radical (unpaired) electrons. The molecule has 0 unspecified atom stereocenters. The number of likely N-dealkylation sites (N-methyl/N-ethyl adjacent to an activating group) is 1. The minimum atomic E-state index is -0.377. The zero-order valence-corrected chi connectivity index (χ0v) is 21.5. The first-order valence-corrected chi connectivity index (χ1v) is 11.9. The number of nitrogens with zero attached hydrogens (tertiary/aromatic N) is 2. The van der Waals surface area contributed by atoms with Gasteiger partial charge in [0.1, 0.15) is 6.61 Å². The zero-order valence-electron chi connectivity index (χ0n) is 21.5. The molecule has 1 amide bonds. The van der Waals surface area contributed by atoms with E-state index in [9.17, 15) is 9.59 Å². The third-order valence-electron chi connectivity index (χ3n) is 6.40. The predicted octanol–water partition coefficient (Wildman–Crippen LogP) is 4.60. The fraction of sp³-hybridized carbons (Fsp3) is 0.310. The lowest BCUT2D eigenvalue weighted by molar-refractivity contribution is 0.0600. The average Bonchev–Trinajstić information content (AvgIpc) is 3.30. The molecule has 36 heavy (non-hydrogen) atoms. The van der Waals surface area contributed by atoms with Crippen molar-refractivity contribution >= 4 is 17.6 Å². The van der Waals surface area contributed by atoms with Crippen molar-refractivity contribution < 1.29 is 23.8 Å². The zero-order chi connectivity index (χ0) is 25.8. The average molecular weight is 489 g/mol. The fourth-order valence-electron chi connectivity index (χ4n) is 4.34. The first-order valence-electron chi connectivity index (χ1n) is 11.9. The van der Waals surface area contributed by atoms with Gasteiger partial charge in [-0.2, -0.15) is 0 Å². The summed E-state index contributed by atoms with van der Waals surface area (Å²) in [4.78, 5) is 29.3. The van der Waals surface area contributed by atoms with E-state index in [-0.39, 0.29) is 11.9 Å². The Morgan fingerprint density at radius 1 is 0.944 bits per heavy atom. The molecule has 0 saturated heterocycles. The minimum absolute atomic E-state index is 0.0651. The number of rotatable bonds is 8. The molecule has 0 atom stereocenters. The van der Waals surface area contributed by atoms with Gasteiger partial charge >= 0.3 is 5.97 Å². The van der Waals surface area contributed by atoms with Crippen LogP contribution in [0.25, 0.3) is 11.1 Å². The first kappa shape index (κ1) is 25.3. The second kappa shape index (κ2) is 10.8. The van der Waals surface area contributed by atoms with Gasteiger partial charge in [0.25, 0.3) is 5.91 Å². The smallest absolute Gasteiger partial charge is 0.337 e. The van der Waals surface area contributed by atoms with Crippen molar-refractivity contribution in [3.8, 4) is 22.6 Å². The Bertz CT molecular complexity index is 1270. The Morgan fingerprint density at radius 3 is 2.33 bits per heavy atom. The van der Waals surface area contributed by atoms with Gasteiger partial charge in [0.15, 0.2) is 11.5 Å². The Kier molecular flexibility index (Phi) is 7.60. The number of aryl methyl sites for hydroxylation is 1. The molecule has 4 rings (SSSR count). The van der Waals surface area contributed by atoms with Crippen molar-refractivity contribution in [1.82, 2.24) is 4.90 Å². The summed E-state index contributed by atoms with van der Waals surface area (Å²) in [5, 5.41) is 0. The Balaban J connectivity index is 1.57. The SMILES string of the molecule is COC(=O)c1ccc(C)c(-c2ccc(C(=O)N3CCc4cc(OC)c(OCCN(C)C)cc43)cc2)c1. The van der Waals surface area contributed by atoms with Crippen LogP contribution in [0.5, 0.6) is 11.5 Å². The molecule has 1 aliphatic rings. The normalized spacial score (nSPS) is 12.4. The maximum atomic E-state index is 13.5. The summed E-state index contributed by atoms with van der Waals surface area (Å²) in [5.74, 6) is 0.868. The lowest BCUT2D eigenvalue weighted by atomic mass is 9.97. The number of methoxy groups -OCH3 is 2. The number of fused-ring (bicyclic) bond motifs is 1. The highest BCUT2D eigenvalue weighted by atomic mass is 16.5. The van der Waals surface area contributed by atoms with Gasteiger partial charge in [-0.15, -0.1) is 0 Å². The Morgan fingerprint density at radius 2 is 1.67 bits per heavy atom. The molecule has 7 heteroatoms. The third kappa shape index (κ3) is 5.21. The van der Waals surface area contributed by atoms with Gasteiger partial charge < -0.3 is 24.0 Å². The largest absolute Gasteiger partial charge is 0.493 e. The highest BCUT2D eigenvalue weighted by molar-refractivity contribution is 6.07. The van der Waals surface area contributed by atoms with E-state index in [4.69, 9.17) is 14.2 Å². The van der Waals surface area contributed by atoms with E-state index in [0.29, 0.717) is 35.8 Å². The molecular formula is C29H32N2O5. The number of ether oxygens (including phenoxy) is 3. The molecule has 3 aromatic rings. The number of amides is 1. The molecule has 0 N–H and O–H groups in total. The van der Waals surface area contributed by atoms with E-state index in [1.54, 1.807) is 18.1 Å². The van der Waals surface area contributed by atoms with Crippen molar-refractivity contribution in [2.45, 2.75) is 13.3 Å². The van der Waals surface area contributed by atoms with Crippen LogP contribution in [-0.4, -0.2) is 64.8 Å². The number of carbonyl (C=O) groups is 2. The lowest BCUT2D eigenvalue weighted by Gasteiger charge is -2.20. The van der Waals surface area contributed by atoms with Crippen LogP contribution in [0.4, 0.5) is 5.69 Å². The van der Waals surface area contributed by atoms with Crippen molar-refractivity contribution in [1.29, 1.82) is 0 Å². The molecule has 1 aliphatic heterocycles. The van der Waals surface area contributed by atoms with Gasteiger partial charge in [-0.3, -0.25) is 4.79 Å². The molecular weight excluding hydrogens is 456 g/mol. The number of hydrogen-bond donors (Lipinski definition) is 0. The quantitative estimate of drug-likeness (QED) is 0.432. The number of anilines is 1. The van der Waals surface area contributed by atoms with Crippen LogP contribution in [0.2, 0.25) is 0 Å². The third-order valence-corrected chi connectivity index (χ3v) is 6.40. The molecule has 0 bridgehead atoms. The summed E-state index contributed by atoms with van der Waals surface area (Å²) >= 11 is 0. The molecule has 0 spiro atoms. The van der Waals surface area contributed by atoms with E-state index in [2.05, 4.69) is 0 Å². The van der Waals surface area contributed by atoms with E-state index in [1.165, 1.54) is 7.11 Å². The minimum Gasteiger partial charge on any atom is -0.493 e. The highest BCUT2D eigenvalue weighted by Crippen LogP contribution is 2.39. The van der Waals surface area contributed by atoms with Gasteiger partial charge in [-0.25, -0.2) is 4.79 Å². The molecule has 188 valence electrons. The Labute approximate surface area is 212 Å². The van der Waals surface area contributed by atoms with Crippen LogP contribution in [0.3, 0.4) is 0 Å². The monoisotopic (exact) mass is 488 g/mol. The van der Waals surface area contributed by atoms with Crippen molar-refractivity contribution in [3.63, 3.8) is 0 Å². The van der Waals surface area contributed by atoms with Crippen LogP contribution < -0.4 is 14.4 Å². The van der Waals surface area contributed by atoms with Gasteiger partial charge in [0, 0.05) is 24.7 Å². The van der Waals surface area contributed by atoms with Crippen LogP contribution in [0, 0.1) is 6.92 Å². The van der Waals surface area contributed by atoms with Crippen molar-refractivity contribution in [2.75, 3.05) is 52.9 Å². The summed E-state index contributed by atoms with van der Waals surface area (Å²) in [6, 6.07) is 16.8. The van der Waals surface area contributed by atoms with Crippen LogP contribution >= 0.6 is 0 Å². The molecule has 0 aromatic heterocycles. The summed E-state index contributed by atoms with van der Waals surface area (Å²) in [5.41, 5.74) is 5.89. The lowest BCUT2D eigenvalue weighted by Crippen LogP contribution is -2.28. The number of esters is 1. The van der Waals surface area contributed by atoms with Gasteiger partial charge in [-0.1, -0.05) is 18.2 Å². The summed E-state index contributed by atoms with van der Waals surface area (Å²) in [7, 11) is 6.98. The standard InChI is InChI=1S/C29H32N2O5/c1-19-6-7-23(29(33)35-5)16-24(19)20-8-10-21(11-9-20)28(32)31-13-12-22-17-26(34-4)27(18-25(22)31)36-15-14-30(2)3/h6-11,16-18H,12-15H2,1-5H3. The van der Waals surface area contributed by atoms with Crippen LogP contribution in [-0.2, 0) is 11.2 Å². The van der Waals surface area contributed by atoms with Gasteiger partial charge in [-0.05, 0) is 80.0 Å². The van der Waals surface area contributed by atoms with E-state index < -0.39 is 0 Å². The van der Waals surface area contributed by atoms with Gasteiger partial charge in [0.05, 0.1) is 25.5 Å². The van der Waals surface area contributed by atoms with Gasteiger partial charge in [0.2, 0.25) is 0 Å².